The van der Waals surface area contributed by atoms with Crippen LogP contribution in [0, 0.1) is 11.6 Å². The van der Waals surface area contributed by atoms with Gasteiger partial charge in [-0.15, -0.1) is 0 Å². The normalized spacial score (nSPS) is 10.4. The maximum atomic E-state index is 13.0. The molecule has 16 heavy (non-hydrogen) atoms. The fourth-order valence-corrected chi connectivity index (χ4v) is 1.52. The first-order chi connectivity index (χ1) is 7.58. The third kappa shape index (κ3) is 1.99. The predicted molar refractivity (Wildman–Crippen MR) is 61.2 cm³/mol. The number of halogens is 3. The van der Waals surface area contributed by atoms with Crippen molar-refractivity contribution in [2.24, 2.45) is 0 Å². The molecule has 2 rings (SSSR count). The van der Waals surface area contributed by atoms with Gasteiger partial charge in [0.25, 0.3) is 0 Å². The van der Waals surface area contributed by atoms with Crippen molar-refractivity contribution in [3.05, 3.63) is 53.1 Å². The van der Waals surface area contributed by atoms with Gasteiger partial charge in [-0.25, -0.2) is 8.78 Å². The molecule has 2 N–H and O–H groups in total. The molecule has 0 saturated carbocycles. The molecule has 0 aliphatic heterocycles. The highest BCUT2D eigenvalue weighted by molar-refractivity contribution is 6.33. The van der Waals surface area contributed by atoms with Gasteiger partial charge < -0.3 is 5.73 Å². The van der Waals surface area contributed by atoms with Gasteiger partial charge in [0.05, 0.1) is 10.7 Å². The smallest absolute Gasteiger partial charge is 0.159 e. The number of hydrogen-bond acceptors (Lipinski definition) is 1. The fraction of sp³-hybridized carbons (Fsp3) is 0. The lowest BCUT2D eigenvalue weighted by atomic mass is 10.1. The summed E-state index contributed by atoms with van der Waals surface area (Å²) in [6.45, 7) is 0. The molecule has 1 nitrogen and oxygen atoms in total. The van der Waals surface area contributed by atoms with E-state index in [1.807, 2.05) is 0 Å². The number of nitrogens with two attached hydrogens (primary N) is 1. The molecule has 0 aliphatic carbocycles. The van der Waals surface area contributed by atoms with Gasteiger partial charge in [0.15, 0.2) is 11.6 Å². The molecule has 2 aromatic carbocycles. The van der Waals surface area contributed by atoms with E-state index in [1.54, 1.807) is 18.2 Å². The van der Waals surface area contributed by atoms with E-state index in [2.05, 4.69) is 0 Å². The average molecular weight is 240 g/mol. The van der Waals surface area contributed by atoms with Gasteiger partial charge in [0, 0.05) is 0 Å². The Labute approximate surface area is 96.5 Å². The Morgan fingerprint density at radius 1 is 0.875 bits per heavy atom. The minimum absolute atomic E-state index is 0.406. The summed E-state index contributed by atoms with van der Waals surface area (Å²) in [5, 5.41) is 0.436. The van der Waals surface area contributed by atoms with Crippen LogP contribution in [0.3, 0.4) is 0 Å². The van der Waals surface area contributed by atoms with Crippen molar-refractivity contribution in [3.8, 4) is 11.1 Å². The van der Waals surface area contributed by atoms with Crippen molar-refractivity contribution < 1.29 is 8.78 Å². The Hall–Kier alpha value is -1.61. The second-order valence-electron chi connectivity index (χ2n) is 3.37. The fourth-order valence-electron chi connectivity index (χ4n) is 1.40. The Morgan fingerprint density at radius 2 is 1.50 bits per heavy atom. The van der Waals surface area contributed by atoms with Crippen LogP contribution in [0.2, 0.25) is 5.02 Å². The molecule has 2 aromatic rings. The molecule has 4 heteroatoms. The largest absolute Gasteiger partial charge is 0.398 e. The summed E-state index contributed by atoms with van der Waals surface area (Å²) in [5.41, 5.74) is 7.29. The topological polar surface area (TPSA) is 26.0 Å². The molecule has 0 aliphatic rings. The predicted octanol–water partition coefficient (Wildman–Crippen LogP) is 3.87. The molecule has 0 radical (unpaired) electrons. The highest BCUT2D eigenvalue weighted by atomic mass is 35.5. The molecule has 0 fully saturated rings. The number of hydrogen-bond donors (Lipinski definition) is 1. The zero-order valence-corrected chi connectivity index (χ0v) is 8.93. The van der Waals surface area contributed by atoms with Crippen LogP contribution in [-0.4, -0.2) is 0 Å². The van der Waals surface area contributed by atoms with Gasteiger partial charge in [-0.3, -0.25) is 0 Å². The standard InChI is InChI=1S/C12H8ClF2N/c13-9-3-1-8(6-12(9)16)7-2-4-10(14)11(15)5-7/h1-6H,16H2. The number of benzene rings is 2. The molecule has 0 heterocycles. The summed E-state index contributed by atoms with van der Waals surface area (Å²) in [6, 6.07) is 8.63. The van der Waals surface area contributed by atoms with Crippen LogP contribution in [0.1, 0.15) is 0 Å². The van der Waals surface area contributed by atoms with Crippen LogP contribution < -0.4 is 5.73 Å². The third-order valence-electron chi connectivity index (χ3n) is 2.25. The average Bonchev–Trinajstić information content (AvgIpc) is 2.26. The van der Waals surface area contributed by atoms with Crippen molar-refractivity contribution in [2.75, 3.05) is 5.73 Å². The van der Waals surface area contributed by atoms with Crippen molar-refractivity contribution in [2.45, 2.75) is 0 Å². The number of nitrogen functional groups attached to an aromatic ring is 1. The summed E-state index contributed by atoms with van der Waals surface area (Å²) in [4.78, 5) is 0. The van der Waals surface area contributed by atoms with Crippen molar-refractivity contribution in [3.63, 3.8) is 0 Å². The van der Waals surface area contributed by atoms with Gasteiger partial charge >= 0.3 is 0 Å². The van der Waals surface area contributed by atoms with E-state index in [0.717, 1.165) is 12.1 Å². The van der Waals surface area contributed by atoms with Crippen LogP contribution >= 0.6 is 11.6 Å². The van der Waals surface area contributed by atoms with E-state index >= 15 is 0 Å². The summed E-state index contributed by atoms with van der Waals surface area (Å²) in [5.74, 6) is -1.75. The number of rotatable bonds is 1. The minimum Gasteiger partial charge on any atom is -0.398 e. The second kappa shape index (κ2) is 4.10. The van der Waals surface area contributed by atoms with E-state index in [-0.39, 0.29) is 0 Å². The molecule has 0 unspecified atom stereocenters. The van der Waals surface area contributed by atoms with E-state index in [9.17, 15) is 8.78 Å². The Kier molecular flexibility index (Phi) is 2.79. The van der Waals surface area contributed by atoms with Crippen molar-refractivity contribution >= 4 is 17.3 Å². The molecular weight excluding hydrogens is 232 g/mol. The molecular formula is C12H8ClF2N. The van der Waals surface area contributed by atoms with Gasteiger partial charge in [0.2, 0.25) is 0 Å². The molecule has 0 spiro atoms. The molecule has 0 aromatic heterocycles. The van der Waals surface area contributed by atoms with E-state index in [0.29, 0.717) is 21.8 Å². The minimum atomic E-state index is -0.883. The molecule has 0 atom stereocenters. The first kappa shape index (κ1) is 10.9. The Bertz CT molecular complexity index is 491. The quantitative estimate of drug-likeness (QED) is 0.751. The molecule has 82 valence electrons. The molecule has 0 bridgehead atoms. The zero-order valence-electron chi connectivity index (χ0n) is 8.18. The first-order valence-electron chi connectivity index (χ1n) is 4.58. The van der Waals surface area contributed by atoms with Crippen LogP contribution in [-0.2, 0) is 0 Å². The third-order valence-corrected chi connectivity index (χ3v) is 2.59. The van der Waals surface area contributed by atoms with Crippen LogP contribution in [0.15, 0.2) is 36.4 Å². The molecule has 0 amide bonds. The van der Waals surface area contributed by atoms with Gasteiger partial charge in [0.1, 0.15) is 0 Å². The van der Waals surface area contributed by atoms with Crippen LogP contribution in [0.4, 0.5) is 14.5 Å². The summed E-state index contributed by atoms with van der Waals surface area (Å²) >= 11 is 5.77. The Balaban J connectivity index is 2.50. The maximum absolute atomic E-state index is 13.0. The molecule has 0 saturated heterocycles. The van der Waals surface area contributed by atoms with Crippen LogP contribution in [0.25, 0.3) is 11.1 Å². The summed E-state index contributed by atoms with van der Waals surface area (Å²) < 4.78 is 25.7. The van der Waals surface area contributed by atoms with E-state index < -0.39 is 11.6 Å². The maximum Gasteiger partial charge on any atom is 0.159 e. The lowest BCUT2D eigenvalue weighted by molar-refractivity contribution is 0.509. The van der Waals surface area contributed by atoms with Gasteiger partial charge in [-0.1, -0.05) is 23.7 Å². The van der Waals surface area contributed by atoms with Gasteiger partial charge in [-0.05, 0) is 35.4 Å². The number of anilines is 1. The Morgan fingerprint density at radius 3 is 2.12 bits per heavy atom. The van der Waals surface area contributed by atoms with Gasteiger partial charge in [-0.2, -0.15) is 0 Å². The lowest BCUT2D eigenvalue weighted by Gasteiger charge is -2.04. The van der Waals surface area contributed by atoms with Crippen molar-refractivity contribution in [1.29, 1.82) is 0 Å². The summed E-state index contributed by atoms with van der Waals surface area (Å²) in [7, 11) is 0. The second-order valence-corrected chi connectivity index (χ2v) is 3.77. The highest BCUT2D eigenvalue weighted by Crippen LogP contribution is 2.27. The monoisotopic (exact) mass is 239 g/mol. The van der Waals surface area contributed by atoms with E-state index in [4.69, 9.17) is 17.3 Å². The van der Waals surface area contributed by atoms with Crippen molar-refractivity contribution in [1.82, 2.24) is 0 Å². The van der Waals surface area contributed by atoms with E-state index in [1.165, 1.54) is 6.07 Å². The highest BCUT2D eigenvalue weighted by Gasteiger charge is 2.05. The SMILES string of the molecule is Nc1cc(-c2ccc(F)c(F)c2)ccc1Cl. The van der Waals surface area contributed by atoms with Crippen LogP contribution in [0.5, 0.6) is 0 Å². The first-order valence-corrected chi connectivity index (χ1v) is 4.96. The lowest BCUT2D eigenvalue weighted by Crippen LogP contribution is -1.89. The zero-order chi connectivity index (χ0) is 11.7. The summed E-state index contributed by atoms with van der Waals surface area (Å²) in [6.07, 6.45) is 0.